The number of halogens is 1. The van der Waals surface area contributed by atoms with Gasteiger partial charge in [-0.15, -0.1) is 0 Å². The number of hydrogen-bond acceptors (Lipinski definition) is 2. The number of carbonyl (C=O) groups is 1. The first-order chi connectivity index (χ1) is 11.2. The van der Waals surface area contributed by atoms with Gasteiger partial charge in [-0.3, -0.25) is 4.79 Å². The molecule has 1 aliphatic rings. The van der Waals surface area contributed by atoms with Gasteiger partial charge in [0, 0.05) is 15.4 Å². The third-order valence-electron chi connectivity index (χ3n) is 4.05. The van der Waals surface area contributed by atoms with E-state index in [9.17, 15) is 4.79 Å². The number of benzene rings is 3. The molecule has 3 aromatic carbocycles. The molecular formula is C19H14BrNO2. The van der Waals surface area contributed by atoms with Gasteiger partial charge in [0.15, 0.2) is 0 Å². The Hall–Kier alpha value is -2.33. The molecule has 23 heavy (non-hydrogen) atoms. The standard InChI is InChI=1S/C19H14BrNO2/c20-14-7-9-15(10-8-14)23-12-11-21-17-6-2-4-13-3-1-5-16(18(13)17)19(21)22/h1-10H,11-12H2. The van der Waals surface area contributed by atoms with E-state index in [2.05, 4.69) is 15.9 Å². The lowest BCUT2D eigenvalue weighted by Crippen LogP contribution is -2.31. The number of ether oxygens (including phenoxy) is 1. The molecule has 0 saturated carbocycles. The minimum atomic E-state index is 0.0520. The van der Waals surface area contributed by atoms with Crippen molar-refractivity contribution in [2.24, 2.45) is 0 Å². The third kappa shape index (κ3) is 2.49. The Labute approximate surface area is 142 Å². The fourth-order valence-corrected chi connectivity index (χ4v) is 3.25. The summed E-state index contributed by atoms with van der Waals surface area (Å²) in [5.74, 6) is 0.853. The van der Waals surface area contributed by atoms with Crippen LogP contribution in [0.3, 0.4) is 0 Å². The fraction of sp³-hybridized carbons (Fsp3) is 0.105. The van der Waals surface area contributed by atoms with Crippen molar-refractivity contribution in [1.29, 1.82) is 0 Å². The molecule has 0 saturated heterocycles. The minimum Gasteiger partial charge on any atom is -0.492 e. The topological polar surface area (TPSA) is 29.5 Å². The average molecular weight is 368 g/mol. The summed E-state index contributed by atoms with van der Waals surface area (Å²) in [6, 6.07) is 19.6. The molecule has 0 fully saturated rings. The largest absolute Gasteiger partial charge is 0.492 e. The van der Waals surface area contributed by atoms with Gasteiger partial charge in [0.05, 0.1) is 12.2 Å². The first-order valence-corrected chi connectivity index (χ1v) is 8.25. The minimum absolute atomic E-state index is 0.0520. The Balaban J connectivity index is 1.54. The lowest BCUT2D eigenvalue weighted by atomic mass is 10.1. The number of hydrogen-bond donors (Lipinski definition) is 0. The molecule has 0 spiro atoms. The normalized spacial score (nSPS) is 12.9. The first-order valence-electron chi connectivity index (χ1n) is 7.46. The maximum atomic E-state index is 12.6. The van der Waals surface area contributed by atoms with Crippen molar-refractivity contribution >= 4 is 38.3 Å². The highest BCUT2D eigenvalue weighted by atomic mass is 79.9. The van der Waals surface area contributed by atoms with Crippen molar-refractivity contribution in [1.82, 2.24) is 0 Å². The zero-order chi connectivity index (χ0) is 15.8. The van der Waals surface area contributed by atoms with Crippen LogP contribution < -0.4 is 9.64 Å². The lowest BCUT2D eigenvalue weighted by molar-refractivity contribution is 0.0989. The summed E-state index contributed by atoms with van der Waals surface area (Å²) in [7, 11) is 0. The molecule has 4 heteroatoms. The van der Waals surface area contributed by atoms with Crippen molar-refractivity contribution in [2.45, 2.75) is 0 Å². The van der Waals surface area contributed by atoms with Gasteiger partial charge in [0.2, 0.25) is 0 Å². The van der Waals surface area contributed by atoms with Gasteiger partial charge in [-0.25, -0.2) is 0 Å². The molecular weight excluding hydrogens is 354 g/mol. The molecule has 1 heterocycles. The number of rotatable bonds is 4. The summed E-state index contributed by atoms with van der Waals surface area (Å²) in [5.41, 5.74) is 1.75. The molecule has 0 radical (unpaired) electrons. The fourth-order valence-electron chi connectivity index (χ4n) is 2.99. The van der Waals surface area contributed by atoms with Crippen LogP contribution >= 0.6 is 15.9 Å². The zero-order valence-electron chi connectivity index (χ0n) is 12.3. The van der Waals surface area contributed by atoms with Crippen LogP contribution in [0.4, 0.5) is 5.69 Å². The van der Waals surface area contributed by atoms with Crippen LogP contribution in [0.1, 0.15) is 10.4 Å². The highest BCUT2D eigenvalue weighted by Crippen LogP contribution is 2.36. The van der Waals surface area contributed by atoms with Crippen molar-refractivity contribution < 1.29 is 9.53 Å². The third-order valence-corrected chi connectivity index (χ3v) is 4.57. The van der Waals surface area contributed by atoms with Crippen molar-refractivity contribution in [3.8, 4) is 5.75 Å². The lowest BCUT2D eigenvalue weighted by Gasteiger charge is -2.18. The van der Waals surface area contributed by atoms with Gasteiger partial charge in [-0.05, 0) is 41.8 Å². The van der Waals surface area contributed by atoms with E-state index in [-0.39, 0.29) is 5.91 Å². The van der Waals surface area contributed by atoms with Gasteiger partial charge in [-0.1, -0.05) is 40.2 Å². The van der Waals surface area contributed by atoms with E-state index in [0.29, 0.717) is 13.2 Å². The van der Waals surface area contributed by atoms with Crippen LogP contribution in [0, 0.1) is 0 Å². The maximum absolute atomic E-state index is 12.6. The molecule has 0 unspecified atom stereocenters. The monoisotopic (exact) mass is 367 g/mol. The predicted molar refractivity (Wildman–Crippen MR) is 95.3 cm³/mol. The molecule has 3 nitrogen and oxygen atoms in total. The number of anilines is 1. The number of carbonyl (C=O) groups excluding carboxylic acids is 1. The van der Waals surface area contributed by atoms with Crippen LogP contribution in [-0.4, -0.2) is 19.1 Å². The molecule has 0 aliphatic carbocycles. The smallest absolute Gasteiger partial charge is 0.259 e. The molecule has 3 aromatic rings. The summed E-state index contributed by atoms with van der Waals surface area (Å²) in [6.45, 7) is 0.987. The molecule has 4 rings (SSSR count). The van der Waals surface area contributed by atoms with E-state index < -0.39 is 0 Å². The summed E-state index contributed by atoms with van der Waals surface area (Å²) >= 11 is 3.40. The Bertz CT molecular complexity index is 884. The van der Waals surface area contributed by atoms with Gasteiger partial charge in [0.25, 0.3) is 5.91 Å². The molecule has 1 amide bonds. The Morgan fingerprint density at radius 1 is 0.957 bits per heavy atom. The van der Waals surface area contributed by atoms with Gasteiger partial charge in [-0.2, -0.15) is 0 Å². The van der Waals surface area contributed by atoms with E-state index in [0.717, 1.165) is 32.2 Å². The van der Waals surface area contributed by atoms with Crippen molar-refractivity contribution in [3.63, 3.8) is 0 Å². The molecule has 0 bridgehead atoms. The predicted octanol–water partition coefficient (Wildman–Crippen LogP) is 4.64. The van der Waals surface area contributed by atoms with E-state index in [1.54, 1.807) is 4.90 Å². The number of amides is 1. The molecule has 0 aromatic heterocycles. The van der Waals surface area contributed by atoms with E-state index in [1.807, 2.05) is 60.7 Å². The average Bonchev–Trinajstić information content (AvgIpc) is 2.85. The molecule has 114 valence electrons. The summed E-state index contributed by atoms with van der Waals surface area (Å²) < 4.78 is 6.77. The Morgan fingerprint density at radius 2 is 1.70 bits per heavy atom. The van der Waals surface area contributed by atoms with E-state index in [1.165, 1.54) is 0 Å². The molecule has 0 N–H and O–H groups in total. The van der Waals surface area contributed by atoms with Gasteiger partial charge < -0.3 is 9.64 Å². The second-order valence-electron chi connectivity index (χ2n) is 5.44. The maximum Gasteiger partial charge on any atom is 0.259 e. The van der Waals surface area contributed by atoms with Crippen LogP contribution in [0.15, 0.2) is 65.1 Å². The van der Waals surface area contributed by atoms with Gasteiger partial charge in [0.1, 0.15) is 12.4 Å². The van der Waals surface area contributed by atoms with Crippen LogP contribution in [0.5, 0.6) is 5.75 Å². The van der Waals surface area contributed by atoms with Crippen LogP contribution in [0.2, 0.25) is 0 Å². The second kappa shape index (κ2) is 5.70. The highest BCUT2D eigenvalue weighted by Gasteiger charge is 2.29. The zero-order valence-corrected chi connectivity index (χ0v) is 13.9. The quantitative estimate of drug-likeness (QED) is 0.671. The number of nitrogens with zero attached hydrogens (tertiary/aromatic N) is 1. The molecule has 1 aliphatic heterocycles. The highest BCUT2D eigenvalue weighted by molar-refractivity contribution is 9.10. The Morgan fingerprint density at radius 3 is 2.48 bits per heavy atom. The van der Waals surface area contributed by atoms with Crippen LogP contribution in [0.25, 0.3) is 10.8 Å². The van der Waals surface area contributed by atoms with Gasteiger partial charge >= 0.3 is 0 Å². The second-order valence-corrected chi connectivity index (χ2v) is 6.36. The van der Waals surface area contributed by atoms with Crippen LogP contribution in [-0.2, 0) is 0 Å². The summed E-state index contributed by atoms with van der Waals surface area (Å²) in [6.07, 6.45) is 0. The SMILES string of the molecule is O=C1c2cccc3cccc(c23)N1CCOc1ccc(Br)cc1. The molecule has 0 atom stereocenters. The van der Waals surface area contributed by atoms with Crippen molar-refractivity contribution in [2.75, 3.05) is 18.1 Å². The van der Waals surface area contributed by atoms with E-state index >= 15 is 0 Å². The van der Waals surface area contributed by atoms with Crippen molar-refractivity contribution in [3.05, 3.63) is 70.7 Å². The first kappa shape index (κ1) is 14.3. The summed E-state index contributed by atoms with van der Waals surface area (Å²) in [4.78, 5) is 14.4. The Kier molecular flexibility index (Phi) is 3.54. The van der Waals surface area contributed by atoms with E-state index in [4.69, 9.17) is 4.74 Å². The summed E-state index contributed by atoms with van der Waals surface area (Å²) in [5, 5.41) is 2.15.